The molecule has 1 amide bonds. The quantitative estimate of drug-likeness (QED) is 0.257. The number of anilines is 2. The zero-order valence-corrected chi connectivity index (χ0v) is 22.5. The fourth-order valence-electron chi connectivity index (χ4n) is 5.16. The molecule has 0 radical (unpaired) electrons. The molecule has 9 heteroatoms. The number of hydrogen-bond donors (Lipinski definition) is 1. The summed E-state index contributed by atoms with van der Waals surface area (Å²) in [6.07, 6.45) is -4.90. The number of carbonyl (C=O) groups is 1. The van der Waals surface area contributed by atoms with Gasteiger partial charge in [0.05, 0.1) is 32.0 Å². The highest BCUT2D eigenvalue weighted by Gasteiger charge is 2.45. The van der Waals surface area contributed by atoms with Crippen LogP contribution in [-0.2, 0) is 17.8 Å². The number of alkyl halides is 3. The lowest BCUT2D eigenvalue weighted by Crippen LogP contribution is -2.52. The Morgan fingerprint density at radius 2 is 1.54 bits per heavy atom. The lowest BCUT2D eigenvalue weighted by atomic mass is 9.85. The minimum atomic E-state index is -5.03. The molecule has 0 aromatic heterocycles. The maximum absolute atomic E-state index is 13.5. The molecule has 0 fully saturated rings. The van der Waals surface area contributed by atoms with Crippen molar-refractivity contribution in [2.24, 2.45) is 0 Å². The number of rotatable bonds is 8. The summed E-state index contributed by atoms with van der Waals surface area (Å²) in [6, 6.07) is 27.9. The van der Waals surface area contributed by atoms with Gasteiger partial charge in [0.25, 0.3) is 0 Å². The van der Waals surface area contributed by atoms with E-state index in [0.29, 0.717) is 34.2 Å². The van der Waals surface area contributed by atoms with Crippen LogP contribution >= 0.6 is 0 Å². The van der Waals surface area contributed by atoms with Crippen molar-refractivity contribution in [2.45, 2.75) is 31.3 Å². The Bertz CT molecular complexity index is 1480. The third kappa shape index (κ3) is 5.94. The number of ether oxygens (including phenoxy) is 3. The number of nitrogens with zero attached hydrogens (tertiary/aromatic N) is 1. The first kappa shape index (κ1) is 27.9. The summed E-state index contributed by atoms with van der Waals surface area (Å²) in [5.41, 5.74) is 3.68. The second-order valence-electron chi connectivity index (χ2n) is 9.58. The molecular weight excluding hydrogens is 533 g/mol. The summed E-state index contributed by atoms with van der Waals surface area (Å²) in [5.74, 6) is -0.444. The third-order valence-corrected chi connectivity index (χ3v) is 7.03. The van der Waals surface area contributed by atoms with E-state index in [-0.39, 0.29) is 13.0 Å². The van der Waals surface area contributed by atoms with Crippen LogP contribution in [0.15, 0.2) is 97.1 Å². The van der Waals surface area contributed by atoms with Gasteiger partial charge < -0.3 is 24.4 Å². The molecule has 0 aliphatic carbocycles. The Morgan fingerprint density at radius 1 is 0.878 bits per heavy atom. The van der Waals surface area contributed by atoms with Gasteiger partial charge in [-0.2, -0.15) is 13.2 Å². The minimum Gasteiger partial charge on any atom is -0.497 e. The van der Waals surface area contributed by atoms with Crippen molar-refractivity contribution in [2.75, 3.05) is 19.1 Å². The van der Waals surface area contributed by atoms with Crippen LogP contribution in [-0.4, -0.2) is 32.3 Å². The molecule has 0 spiro atoms. The Kier molecular flexibility index (Phi) is 8.05. The van der Waals surface area contributed by atoms with Crippen molar-refractivity contribution < 1.29 is 32.2 Å². The number of benzene rings is 4. The maximum atomic E-state index is 13.5. The molecule has 5 rings (SSSR count). The first-order valence-corrected chi connectivity index (χ1v) is 13.0. The summed E-state index contributed by atoms with van der Waals surface area (Å²) >= 11 is 0. The van der Waals surface area contributed by atoms with Crippen LogP contribution in [0.25, 0.3) is 0 Å². The van der Waals surface area contributed by atoms with Gasteiger partial charge in [0.15, 0.2) is 11.5 Å². The van der Waals surface area contributed by atoms with Crippen LogP contribution in [0, 0.1) is 0 Å². The van der Waals surface area contributed by atoms with Gasteiger partial charge in [-0.25, -0.2) is 0 Å². The monoisotopic (exact) mass is 562 g/mol. The van der Waals surface area contributed by atoms with Crippen LogP contribution in [0.2, 0.25) is 0 Å². The number of methoxy groups -OCH3 is 2. The highest BCUT2D eigenvalue weighted by atomic mass is 19.4. The van der Waals surface area contributed by atoms with Gasteiger partial charge in [0.1, 0.15) is 12.4 Å². The van der Waals surface area contributed by atoms with Crippen molar-refractivity contribution in [1.82, 2.24) is 5.32 Å². The smallest absolute Gasteiger partial charge is 0.471 e. The summed E-state index contributed by atoms with van der Waals surface area (Å²) in [7, 11) is 3.10. The lowest BCUT2D eigenvalue weighted by molar-refractivity contribution is -0.174. The van der Waals surface area contributed by atoms with E-state index in [1.807, 2.05) is 77.7 Å². The highest BCUT2D eigenvalue weighted by Crippen LogP contribution is 2.52. The van der Waals surface area contributed by atoms with E-state index in [0.717, 1.165) is 11.1 Å². The average Bonchev–Trinajstić information content (AvgIpc) is 2.99. The Balaban J connectivity index is 1.71. The van der Waals surface area contributed by atoms with E-state index in [4.69, 9.17) is 14.2 Å². The minimum absolute atomic E-state index is 0.134. The van der Waals surface area contributed by atoms with Crippen LogP contribution in [0.4, 0.5) is 24.5 Å². The van der Waals surface area contributed by atoms with Gasteiger partial charge in [-0.15, -0.1) is 0 Å². The third-order valence-electron chi connectivity index (χ3n) is 7.03. The molecule has 6 nitrogen and oxygen atoms in total. The molecule has 0 bridgehead atoms. The van der Waals surface area contributed by atoms with Gasteiger partial charge in [-0.1, -0.05) is 66.7 Å². The fourth-order valence-corrected chi connectivity index (χ4v) is 5.16. The standard InChI is InChI=1S/C32H29F3N2O4/c1-39-25-16-14-24(15-17-25)37-28(22-11-7-4-8-12-22)26(36-31(38)32(33,34)35)19-23-13-18-27(40-2)30(29(23)37)41-20-21-9-5-3-6-10-21/h3-18,26,28H,19-20H2,1-2H3,(H,36,38)/t26-,28+/m0/s1. The second kappa shape index (κ2) is 11.8. The molecular formula is C32H29F3N2O4. The molecule has 1 aliphatic rings. The number of nitrogens with one attached hydrogen (secondary N) is 1. The molecule has 0 saturated heterocycles. The van der Waals surface area contributed by atoms with Crippen LogP contribution < -0.4 is 24.4 Å². The molecule has 4 aromatic rings. The maximum Gasteiger partial charge on any atom is 0.471 e. The molecule has 2 atom stereocenters. The van der Waals surface area contributed by atoms with Gasteiger partial charge in [0.2, 0.25) is 0 Å². The van der Waals surface area contributed by atoms with Gasteiger partial charge >= 0.3 is 12.1 Å². The van der Waals surface area contributed by atoms with E-state index >= 15 is 0 Å². The van der Waals surface area contributed by atoms with E-state index in [1.165, 1.54) is 0 Å². The molecule has 0 saturated carbocycles. The van der Waals surface area contributed by atoms with Crippen LogP contribution in [0.5, 0.6) is 17.2 Å². The predicted octanol–water partition coefficient (Wildman–Crippen LogP) is 6.77. The molecule has 212 valence electrons. The number of carbonyl (C=O) groups excluding carboxylic acids is 1. The summed E-state index contributed by atoms with van der Waals surface area (Å²) in [4.78, 5) is 14.2. The summed E-state index contributed by atoms with van der Waals surface area (Å²) in [5, 5.41) is 2.27. The molecule has 1 aliphatic heterocycles. The number of amides is 1. The first-order valence-electron chi connectivity index (χ1n) is 13.0. The second-order valence-corrected chi connectivity index (χ2v) is 9.58. The summed E-state index contributed by atoms with van der Waals surface area (Å²) in [6.45, 7) is 0.244. The molecule has 4 aromatic carbocycles. The largest absolute Gasteiger partial charge is 0.497 e. The number of hydrogen-bond acceptors (Lipinski definition) is 5. The van der Waals surface area contributed by atoms with E-state index < -0.39 is 24.2 Å². The number of halogens is 3. The molecule has 1 heterocycles. The van der Waals surface area contributed by atoms with E-state index in [9.17, 15) is 18.0 Å². The normalized spacial score (nSPS) is 16.5. The van der Waals surface area contributed by atoms with Gasteiger partial charge in [0, 0.05) is 5.69 Å². The molecule has 1 N–H and O–H groups in total. The Labute approximate surface area is 236 Å². The molecule has 0 unspecified atom stereocenters. The zero-order chi connectivity index (χ0) is 29.0. The van der Waals surface area contributed by atoms with Gasteiger partial charge in [-0.05, 0) is 53.4 Å². The molecule has 41 heavy (non-hydrogen) atoms. The van der Waals surface area contributed by atoms with Crippen molar-refractivity contribution >= 4 is 17.3 Å². The van der Waals surface area contributed by atoms with E-state index in [1.54, 1.807) is 38.5 Å². The Morgan fingerprint density at radius 3 is 2.15 bits per heavy atom. The van der Waals surface area contributed by atoms with Crippen molar-refractivity contribution in [1.29, 1.82) is 0 Å². The van der Waals surface area contributed by atoms with E-state index in [2.05, 4.69) is 5.32 Å². The van der Waals surface area contributed by atoms with Crippen LogP contribution in [0.1, 0.15) is 22.7 Å². The average molecular weight is 563 g/mol. The highest BCUT2D eigenvalue weighted by molar-refractivity contribution is 5.84. The predicted molar refractivity (Wildman–Crippen MR) is 150 cm³/mol. The fraction of sp³-hybridized carbons (Fsp3) is 0.219. The van der Waals surface area contributed by atoms with Crippen LogP contribution in [0.3, 0.4) is 0 Å². The van der Waals surface area contributed by atoms with Crippen molar-refractivity contribution in [3.8, 4) is 17.2 Å². The summed E-state index contributed by atoms with van der Waals surface area (Å²) < 4.78 is 57.9. The topological polar surface area (TPSA) is 60.0 Å². The van der Waals surface area contributed by atoms with Crippen molar-refractivity contribution in [3.05, 3.63) is 114 Å². The lowest BCUT2D eigenvalue weighted by Gasteiger charge is -2.45. The van der Waals surface area contributed by atoms with Crippen molar-refractivity contribution in [3.63, 3.8) is 0 Å². The Hall–Kier alpha value is -4.66. The zero-order valence-electron chi connectivity index (χ0n) is 22.5. The number of fused-ring (bicyclic) bond motifs is 1. The van der Waals surface area contributed by atoms with Gasteiger partial charge in [-0.3, -0.25) is 4.79 Å². The SMILES string of the molecule is COc1ccc(N2c3c(ccc(OC)c3OCc3ccccc3)C[C@H](NC(=O)C(F)(F)F)[C@H]2c2ccccc2)cc1. The first-order chi connectivity index (χ1) is 19.8.